The zero-order valence-electron chi connectivity index (χ0n) is 22.4. The van der Waals surface area contributed by atoms with E-state index in [-0.39, 0.29) is 12.2 Å². The van der Waals surface area contributed by atoms with Crippen LogP contribution in [0.1, 0.15) is 42.1 Å². The van der Waals surface area contributed by atoms with Gasteiger partial charge in [0.25, 0.3) is 5.56 Å². The monoisotopic (exact) mass is 718 g/mol. The second-order valence-electron chi connectivity index (χ2n) is 9.44. The lowest BCUT2D eigenvalue weighted by molar-refractivity contribution is -0.139. The van der Waals surface area contributed by atoms with Crippen LogP contribution in [0.25, 0.3) is 6.08 Å². The van der Waals surface area contributed by atoms with Gasteiger partial charge in [0.2, 0.25) is 0 Å². The molecule has 210 valence electrons. The molecule has 0 saturated heterocycles. The Morgan fingerprint density at radius 3 is 2.37 bits per heavy atom. The number of hydrogen-bond donors (Lipinski definition) is 0. The first-order chi connectivity index (χ1) is 19.7. The highest BCUT2D eigenvalue weighted by Gasteiger charge is 2.33. The van der Waals surface area contributed by atoms with Crippen molar-refractivity contribution in [1.29, 1.82) is 0 Å². The summed E-state index contributed by atoms with van der Waals surface area (Å²) in [5.41, 5.74) is 4.07. The molecular weight excluding hydrogens is 694 g/mol. The number of benzene rings is 3. The second kappa shape index (κ2) is 12.5. The first kappa shape index (κ1) is 29.6. The van der Waals surface area contributed by atoms with Crippen molar-refractivity contribution in [1.82, 2.24) is 4.57 Å². The van der Waals surface area contributed by atoms with Gasteiger partial charge in [0.05, 0.1) is 38.5 Å². The molecule has 0 aliphatic carbocycles. The number of rotatable bonds is 7. The van der Waals surface area contributed by atoms with Crippen LogP contribution in [0.4, 0.5) is 0 Å². The molecule has 0 radical (unpaired) electrons. The van der Waals surface area contributed by atoms with Gasteiger partial charge in [0, 0.05) is 3.57 Å². The Morgan fingerprint density at radius 2 is 1.73 bits per heavy atom. The van der Waals surface area contributed by atoms with E-state index in [1.54, 1.807) is 36.6 Å². The average molecular weight is 719 g/mol. The van der Waals surface area contributed by atoms with E-state index in [2.05, 4.69) is 27.6 Å². The van der Waals surface area contributed by atoms with Crippen LogP contribution in [-0.4, -0.2) is 17.1 Å². The summed E-state index contributed by atoms with van der Waals surface area (Å²) in [6, 6.07) is 18.5. The number of fused-ring (bicyclic) bond motifs is 1. The molecule has 1 aliphatic rings. The van der Waals surface area contributed by atoms with E-state index in [0.29, 0.717) is 48.6 Å². The van der Waals surface area contributed by atoms with Crippen molar-refractivity contribution in [2.75, 3.05) is 6.61 Å². The molecule has 0 fully saturated rings. The standard InChI is InChI=1S/C31H25Cl2IN2O4S/c1-4-39-30(38)26-18(3)35-31-36(27(26)21-9-5-17(2)6-10-21)29(37)25(41-31)15-20-13-23(32)28(24(33)14-20)40-16-19-7-11-22(34)12-8-19/h5-15,27H,4,16H2,1-3H3/b25-15+/t27-/m1/s1. The van der Waals surface area contributed by atoms with Gasteiger partial charge in [-0.25, -0.2) is 9.79 Å². The maximum Gasteiger partial charge on any atom is 0.338 e. The Bertz CT molecular complexity index is 1820. The highest BCUT2D eigenvalue weighted by molar-refractivity contribution is 14.1. The van der Waals surface area contributed by atoms with Crippen molar-refractivity contribution >= 4 is 69.2 Å². The van der Waals surface area contributed by atoms with E-state index < -0.39 is 12.0 Å². The molecule has 0 amide bonds. The number of esters is 1. The van der Waals surface area contributed by atoms with Crippen molar-refractivity contribution in [3.63, 3.8) is 0 Å². The highest BCUT2D eigenvalue weighted by atomic mass is 127. The van der Waals surface area contributed by atoms with E-state index in [0.717, 1.165) is 20.3 Å². The van der Waals surface area contributed by atoms with Crippen LogP contribution in [0.5, 0.6) is 5.75 Å². The number of ether oxygens (including phenoxy) is 2. The first-order valence-corrected chi connectivity index (χ1v) is 15.4. The molecule has 0 N–H and O–H groups in total. The Hall–Kier alpha value is -2.92. The predicted octanol–water partition coefficient (Wildman–Crippen LogP) is 6.60. The zero-order chi connectivity index (χ0) is 29.3. The predicted molar refractivity (Wildman–Crippen MR) is 172 cm³/mol. The second-order valence-corrected chi connectivity index (χ2v) is 12.5. The first-order valence-electron chi connectivity index (χ1n) is 12.8. The van der Waals surface area contributed by atoms with E-state index in [1.807, 2.05) is 55.5 Å². The molecule has 1 atom stereocenters. The van der Waals surface area contributed by atoms with Crippen molar-refractivity contribution < 1.29 is 14.3 Å². The van der Waals surface area contributed by atoms with Crippen LogP contribution in [-0.2, 0) is 16.1 Å². The van der Waals surface area contributed by atoms with Gasteiger partial charge < -0.3 is 9.47 Å². The van der Waals surface area contributed by atoms with Gasteiger partial charge in [-0.3, -0.25) is 9.36 Å². The summed E-state index contributed by atoms with van der Waals surface area (Å²) < 4.78 is 14.4. The minimum absolute atomic E-state index is 0.215. The summed E-state index contributed by atoms with van der Waals surface area (Å²) in [4.78, 5) is 32.0. The smallest absolute Gasteiger partial charge is 0.338 e. The van der Waals surface area contributed by atoms with Gasteiger partial charge in [-0.05, 0) is 90.4 Å². The van der Waals surface area contributed by atoms with Crippen LogP contribution in [0, 0.1) is 10.5 Å². The lowest BCUT2D eigenvalue weighted by Gasteiger charge is -2.24. The van der Waals surface area contributed by atoms with Crippen LogP contribution in [0.15, 0.2) is 81.7 Å². The Kier molecular flexibility index (Phi) is 9.03. The van der Waals surface area contributed by atoms with Gasteiger partial charge in [0.15, 0.2) is 10.6 Å². The lowest BCUT2D eigenvalue weighted by atomic mass is 9.95. The van der Waals surface area contributed by atoms with Gasteiger partial charge in [-0.1, -0.05) is 76.5 Å². The van der Waals surface area contributed by atoms with Gasteiger partial charge >= 0.3 is 5.97 Å². The summed E-state index contributed by atoms with van der Waals surface area (Å²) in [7, 11) is 0. The fourth-order valence-corrected chi connectivity index (χ4v) is 6.56. The molecule has 3 aromatic carbocycles. The fraction of sp³-hybridized carbons (Fsp3) is 0.194. The van der Waals surface area contributed by atoms with Gasteiger partial charge in [-0.15, -0.1) is 0 Å². The molecule has 6 nitrogen and oxygen atoms in total. The molecule has 0 spiro atoms. The van der Waals surface area contributed by atoms with Gasteiger partial charge in [0.1, 0.15) is 6.61 Å². The maximum absolute atomic E-state index is 13.8. The van der Waals surface area contributed by atoms with E-state index >= 15 is 0 Å². The molecule has 41 heavy (non-hydrogen) atoms. The topological polar surface area (TPSA) is 69.9 Å². The maximum atomic E-state index is 13.8. The number of nitrogens with zero attached hydrogens (tertiary/aromatic N) is 2. The number of carbonyl (C=O) groups excluding carboxylic acids is 1. The molecule has 0 saturated carbocycles. The van der Waals surface area contributed by atoms with Crippen molar-refractivity contribution in [3.8, 4) is 5.75 Å². The summed E-state index contributed by atoms with van der Waals surface area (Å²) in [5, 5.41) is 0.667. The number of carbonyl (C=O) groups is 1. The third-order valence-corrected chi connectivity index (χ3v) is 8.79. The highest BCUT2D eigenvalue weighted by Crippen LogP contribution is 2.35. The number of aryl methyl sites for hydroxylation is 1. The van der Waals surface area contributed by atoms with Crippen LogP contribution in [0.2, 0.25) is 10.0 Å². The Labute approximate surface area is 264 Å². The summed E-state index contributed by atoms with van der Waals surface area (Å²) in [6.07, 6.45) is 1.72. The number of allylic oxidation sites excluding steroid dienone is 1. The molecule has 2 heterocycles. The Morgan fingerprint density at radius 1 is 1.07 bits per heavy atom. The van der Waals surface area contributed by atoms with Gasteiger partial charge in [-0.2, -0.15) is 0 Å². The molecule has 4 aromatic rings. The molecule has 10 heteroatoms. The van der Waals surface area contributed by atoms with E-state index in [9.17, 15) is 9.59 Å². The van der Waals surface area contributed by atoms with Crippen LogP contribution >= 0.6 is 57.1 Å². The number of hydrogen-bond acceptors (Lipinski definition) is 6. The Balaban J connectivity index is 1.54. The molecule has 1 aromatic heterocycles. The van der Waals surface area contributed by atoms with Crippen molar-refractivity contribution in [2.24, 2.45) is 4.99 Å². The van der Waals surface area contributed by atoms with E-state index in [1.165, 1.54) is 11.3 Å². The summed E-state index contributed by atoms with van der Waals surface area (Å²) in [5.74, 6) is -0.118. The summed E-state index contributed by atoms with van der Waals surface area (Å²) in [6.45, 7) is 6.03. The minimum Gasteiger partial charge on any atom is -0.486 e. The normalized spacial score (nSPS) is 15.0. The van der Waals surface area contributed by atoms with Crippen molar-refractivity contribution in [3.05, 3.63) is 127 Å². The number of halogens is 3. The number of aromatic nitrogens is 1. The lowest BCUT2D eigenvalue weighted by Crippen LogP contribution is -2.39. The molecular formula is C31H25Cl2IN2O4S. The van der Waals surface area contributed by atoms with Crippen LogP contribution in [0.3, 0.4) is 0 Å². The third-order valence-electron chi connectivity index (χ3n) is 6.52. The molecule has 0 unspecified atom stereocenters. The van der Waals surface area contributed by atoms with E-state index in [4.69, 9.17) is 32.7 Å². The quantitative estimate of drug-likeness (QED) is 0.160. The summed E-state index contributed by atoms with van der Waals surface area (Å²) >= 11 is 16.6. The molecule has 0 bridgehead atoms. The van der Waals surface area contributed by atoms with Crippen LogP contribution < -0.4 is 19.6 Å². The minimum atomic E-state index is -0.669. The SMILES string of the molecule is CCOC(=O)C1=C(C)N=c2s/c(=C/c3cc(Cl)c(OCc4ccc(I)cc4)c(Cl)c3)c(=O)n2[C@@H]1c1ccc(C)cc1. The van der Waals surface area contributed by atoms with Crippen molar-refractivity contribution in [2.45, 2.75) is 33.4 Å². The zero-order valence-corrected chi connectivity index (χ0v) is 26.9. The average Bonchev–Trinajstić information content (AvgIpc) is 3.23. The fourth-order valence-electron chi connectivity index (χ4n) is 4.54. The largest absolute Gasteiger partial charge is 0.486 e. The molecule has 5 rings (SSSR count). The number of thiazole rings is 1. The molecule has 1 aliphatic heterocycles. The third kappa shape index (κ3) is 6.30.